The summed E-state index contributed by atoms with van der Waals surface area (Å²) in [6, 6.07) is 11.1. The SMILES string of the molecule is CN(Cc1cccc(Cl)c1)C(=O)CSc1nnc(-c2ccco2)n1C. The third-order valence-corrected chi connectivity index (χ3v) is 4.88. The first-order valence-electron chi connectivity index (χ1n) is 7.59. The van der Waals surface area contributed by atoms with E-state index in [0.29, 0.717) is 28.3 Å². The van der Waals surface area contributed by atoms with Gasteiger partial charge in [-0.1, -0.05) is 35.5 Å². The molecule has 25 heavy (non-hydrogen) atoms. The zero-order valence-electron chi connectivity index (χ0n) is 13.8. The Labute approximate surface area is 154 Å². The lowest BCUT2D eigenvalue weighted by Crippen LogP contribution is -2.27. The lowest BCUT2D eigenvalue weighted by Gasteiger charge is -2.17. The molecule has 0 fully saturated rings. The Kier molecular flexibility index (Phi) is 5.45. The number of benzene rings is 1. The molecule has 0 unspecified atom stereocenters. The van der Waals surface area contributed by atoms with Crippen LogP contribution in [0.15, 0.2) is 52.2 Å². The van der Waals surface area contributed by atoms with Gasteiger partial charge in [-0.25, -0.2) is 0 Å². The first-order valence-corrected chi connectivity index (χ1v) is 8.95. The van der Waals surface area contributed by atoms with E-state index in [1.807, 2.05) is 41.9 Å². The average molecular weight is 377 g/mol. The van der Waals surface area contributed by atoms with Gasteiger partial charge in [0.05, 0.1) is 12.0 Å². The highest BCUT2D eigenvalue weighted by atomic mass is 35.5. The van der Waals surface area contributed by atoms with Crippen molar-refractivity contribution < 1.29 is 9.21 Å². The van der Waals surface area contributed by atoms with Crippen LogP contribution in [0.4, 0.5) is 0 Å². The monoisotopic (exact) mass is 376 g/mol. The molecule has 2 aromatic heterocycles. The highest BCUT2D eigenvalue weighted by molar-refractivity contribution is 7.99. The zero-order chi connectivity index (χ0) is 17.8. The summed E-state index contributed by atoms with van der Waals surface area (Å²) in [6.07, 6.45) is 1.59. The minimum absolute atomic E-state index is 0.00697. The van der Waals surface area contributed by atoms with Gasteiger partial charge >= 0.3 is 0 Å². The number of furan rings is 1. The minimum Gasteiger partial charge on any atom is -0.461 e. The lowest BCUT2D eigenvalue weighted by atomic mass is 10.2. The molecule has 0 saturated heterocycles. The van der Waals surface area contributed by atoms with E-state index in [9.17, 15) is 4.79 Å². The summed E-state index contributed by atoms with van der Waals surface area (Å²) in [6.45, 7) is 0.510. The fourth-order valence-electron chi connectivity index (χ4n) is 2.29. The molecule has 0 aliphatic carbocycles. The molecule has 1 amide bonds. The molecule has 0 spiro atoms. The van der Waals surface area contributed by atoms with E-state index < -0.39 is 0 Å². The molecule has 0 atom stereocenters. The number of hydrogen-bond acceptors (Lipinski definition) is 5. The molecule has 2 heterocycles. The van der Waals surface area contributed by atoms with Crippen LogP contribution in [0.1, 0.15) is 5.56 Å². The largest absolute Gasteiger partial charge is 0.461 e. The number of carbonyl (C=O) groups excluding carboxylic acids is 1. The third-order valence-electron chi connectivity index (χ3n) is 3.64. The van der Waals surface area contributed by atoms with Crippen LogP contribution in [0.2, 0.25) is 5.02 Å². The number of amides is 1. The highest BCUT2D eigenvalue weighted by Crippen LogP contribution is 2.23. The van der Waals surface area contributed by atoms with Gasteiger partial charge < -0.3 is 13.9 Å². The van der Waals surface area contributed by atoms with E-state index in [4.69, 9.17) is 16.0 Å². The molecule has 0 aliphatic heterocycles. The van der Waals surface area contributed by atoms with Crippen LogP contribution in [-0.2, 0) is 18.4 Å². The average Bonchev–Trinajstić information content (AvgIpc) is 3.22. The van der Waals surface area contributed by atoms with E-state index in [1.54, 1.807) is 24.3 Å². The van der Waals surface area contributed by atoms with Crippen LogP contribution in [0.25, 0.3) is 11.6 Å². The second-order valence-electron chi connectivity index (χ2n) is 5.51. The van der Waals surface area contributed by atoms with Crippen molar-refractivity contribution in [2.24, 2.45) is 7.05 Å². The van der Waals surface area contributed by atoms with Gasteiger partial charge in [0.1, 0.15) is 0 Å². The smallest absolute Gasteiger partial charge is 0.233 e. The maximum Gasteiger partial charge on any atom is 0.233 e. The van der Waals surface area contributed by atoms with Crippen molar-refractivity contribution in [1.82, 2.24) is 19.7 Å². The van der Waals surface area contributed by atoms with E-state index in [-0.39, 0.29) is 11.7 Å². The molecular formula is C17H17ClN4O2S. The molecule has 0 saturated carbocycles. The second-order valence-corrected chi connectivity index (χ2v) is 6.89. The van der Waals surface area contributed by atoms with E-state index >= 15 is 0 Å². The molecule has 0 aliphatic rings. The normalized spacial score (nSPS) is 10.8. The van der Waals surface area contributed by atoms with E-state index in [2.05, 4.69) is 10.2 Å². The van der Waals surface area contributed by atoms with Crippen LogP contribution >= 0.6 is 23.4 Å². The maximum absolute atomic E-state index is 12.3. The minimum atomic E-state index is 0.00697. The number of aromatic nitrogens is 3. The first kappa shape index (κ1) is 17.6. The highest BCUT2D eigenvalue weighted by Gasteiger charge is 2.16. The van der Waals surface area contributed by atoms with Gasteiger partial charge in [-0.05, 0) is 29.8 Å². The summed E-state index contributed by atoms with van der Waals surface area (Å²) in [7, 11) is 3.62. The van der Waals surface area contributed by atoms with Crippen molar-refractivity contribution in [3.8, 4) is 11.6 Å². The topological polar surface area (TPSA) is 64.2 Å². The van der Waals surface area contributed by atoms with Gasteiger partial charge in [-0.15, -0.1) is 10.2 Å². The molecule has 8 heteroatoms. The Morgan fingerprint density at radius 2 is 2.16 bits per heavy atom. The van der Waals surface area contributed by atoms with E-state index in [1.165, 1.54) is 11.8 Å². The first-order chi connectivity index (χ1) is 12.0. The zero-order valence-corrected chi connectivity index (χ0v) is 15.4. The van der Waals surface area contributed by atoms with Crippen molar-refractivity contribution in [3.63, 3.8) is 0 Å². The van der Waals surface area contributed by atoms with Crippen molar-refractivity contribution in [2.75, 3.05) is 12.8 Å². The summed E-state index contributed by atoms with van der Waals surface area (Å²) in [5.74, 6) is 1.56. The van der Waals surface area contributed by atoms with Gasteiger partial charge in [-0.2, -0.15) is 0 Å². The summed E-state index contributed by atoms with van der Waals surface area (Å²) in [5, 5.41) is 9.57. The van der Waals surface area contributed by atoms with Crippen LogP contribution in [-0.4, -0.2) is 38.4 Å². The molecule has 6 nitrogen and oxygen atoms in total. The molecule has 0 radical (unpaired) electrons. The number of carbonyl (C=O) groups is 1. The van der Waals surface area contributed by atoms with Gasteiger partial charge in [0.25, 0.3) is 0 Å². The predicted octanol–water partition coefficient (Wildman–Crippen LogP) is 3.48. The maximum atomic E-state index is 12.3. The molecule has 0 N–H and O–H groups in total. The molecule has 130 valence electrons. The van der Waals surface area contributed by atoms with Crippen molar-refractivity contribution in [1.29, 1.82) is 0 Å². The van der Waals surface area contributed by atoms with E-state index in [0.717, 1.165) is 5.56 Å². The van der Waals surface area contributed by atoms with Crippen LogP contribution in [0.5, 0.6) is 0 Å². The Bertz CT molecular complexity index is 863. The molecule has 3 aromatic rings. The second kappa shape index (κ2) is 7.76. The number of hydrogen-bond donors (Lipinski definition) is 0. The number of thioether (sulfide) groups is 1. The summed E-state index contributed by atoms with van der Waals surface area (Å²) < 4.78 is 7.15. The van der Waals surface area contributed by atoms with Crippen molar-refractivity contribution >= 4 is 29.3 Å². The Hall–Kier alpha value is -2.25. The number of halogens is 1. The van der Waals surface area contributed by atoms with Crippen molar-refractivity contribution in [2.45, 2.75) is 11.7 Å². The van der Waals surface area contributed by atoms with Gasteiger partial charge in [0.2, 0.25) is 5.91 Å². The molecular weight excluding hydrogens is 360 g/mol. The quantitative estimate of drug-likeness (QED) is 0.616. The molecule has 0 bridgehead atoms. The number of rotatable bonds is 6. The number of nitrogens with zero attached hydrogens (tertiary/aromatic N) is 4. The molecule has 3 rings (SSSR count). The van der Waals surface area contributed by atoms with Gasteiger partial charge in [0.15, 0.2) is 16.7 Å². The van der Waals surface area contributed by atoms with Gasteiger partial charge in [-0.3, -0.25) is 4.79 Å². The third kappa shape index (κ3) is 4.24. The lowest BCUT2D eigenvalue weighted by molar-refractivity contribution is -0.127. The molecule has 1 aromatic carbocycles. The Morgan fingerprint density at radius 3 is 2.88 bits per heavy atom. The summed E-state index contributed by atoms with van der Waals surface area (Å²) in [4.78, 5) is 14.0. The van der Waals surface area contributed by atoms with Crippen LogP contribution < -0.4 is 0 Å². The fraction of sp³-hybridized carbons (Fsp3) is 0.235. The fourth-order valence-corrected chi connectivity index (χ4v) is 3.36. The Balaban J connectivity index is 1.59. The Morgan fingerprint density at radius 1 is 1.32 bits per heavy atom. The van der Waals surface area contributed by atoms with Crippen LogP contribution in [0.3, 0.4) is 0 Å². The van der Waals surface area contributed by atoms with Gasteiger partial charge in [0, 0.05) is 25.7 Å². The summed E-state index contributed by atoms with van der Waals surface area (Å²) in [5.41, 5.74) is 0.993. The predicted molar refractivity (Wildman–Crippen MR) is 97.4 cm³/mol. The van der Waals surface area contributed by atoms with Crippen molar-refractivity contribution in [3.05, 3.63) is 53.2 Å². The van der Waals surface area contributed by atoms with Crippen LogP contribution in [0, 0.1) is 0 Å². The summed E-state index contributed by atoms with van der Waals surface area (Å²) >= 11 is 7.32. The standard InChI is InChI=1S/C17H17ClN4O2S/c1-21(10-12-5-3-6-13(18)9-12)15(23)11-25-17-20-19-16(22(17)2)14-7-4-8-24-14/h3-9H,10-11H2,1-2H3.